The lowest BCUT2D eigenvalue weighted by atomic mass is 9.50. The summed E-state index contributed by atoms with van der Waals surface area (Å²) in [6.07, 6.45) is 15.2. The van der Waals surface area contributed by atoms with Gasteiger partial charge in [0.15, 0.2) is 0 Å². The number of hydrogen-bond donors (Lipinski definition) is 7. The molecule has 0 aromatic carbocycles. The lowest BCUT2D eigenvalue weighted by molar-refractivity contribution is -0.445. The second kappa shape index (κ2) is 9.05. The Hall–Kier alpha value is -1.06. The highest BCUT2D eigenvalue weighted by atomic mass is 16.7. The Morgan fingerprint density at radius 2 is 1.51 bits per heavy atom. The summed E-state index contributed by atoms with van der Waals surface area (Å²) >= 11 is 0. The van der Waals surface area contributed by atoms with Crippen LogP contribution in [0.15, 0.2) is 35.5 Å². The minimum atomic E-state index is -3.45. The van der Waals surface area contributed by atoms with Gasteiger partial charge < -0.3 is 35.7 Å². The fourth-order valence-corrected chi connectivity index (χ4v) is 8.45. The van der Waals surface area contributed by atoms with Gasteiger partial charge in [0.05, 0.1) is 6.10 Å². The Morgan fingerprint density at radius 3 is 2.14 bits per heavy atom. The molecule has 3 saturated carbocycles. The van der Waals surface area contributed by atoms with Gasteiger partial charge in [-0.1, -0.05) is 63.1 Å². The average Bonchev–Trinajstić information content (AvgIpc) is 3.07. The van der Waals surface area contributed by atoms with Crippen LogP contribution >= 0.6 is 0 Å². The van der Waals surface area contributed by atoms with Gasteiger partial charge in [0.25, 0.3) is 11.9 Å². The molecule has 0 amide bonds. The Balaban J connectivity index is 1.53. The molecular weight excluding hydrogens is 448 g/mol. The third-order valence-corrected chi connectivity index (χ3v) is 10.3. The molecule has 0 aliphatic heterocycles. The van der Waals surface area contributed by atoms with Gasteiger partial charge in [0, 0.05) is 0 Å². The molecule has 0 saturated heterocycles. The van der Waals surface area contributed by atoms with E-state index < -0.39 is 23.8 Å². The monoisotopic (exact) mass is 492 g/mol. The number of rotatable bonds is 6. The minimum Gasteiger partial charge on any atom is -0.393 e. The van der Waals surface area contributed by atoms with Gasteiger partial charge >= 0.3 is 0 Å². The number of aliphatic hydroxyl groups excluding tert-OH is 1. The lowest BCUT2D eigenvalue weighted by Gasteiger charge is -2.55. The molecule has 0 aromatic heterocycles. The molecule has 0 radical (unpaired) electrons. The van der Waals surface area contributed by atoms with Crippen LogP contribution in [-0.2, 0) is 0 Å². The first-order valence-electron chi connectivity index (χ1n) is 13.2. The van der Waals surface area contributed by atoms with E-state index in [1.54, 1.807) is 11.6 Å². The third-order valence-electron chi connectivity index (χ3n) is 10.3. The predicted octanol–water partition coefficient (Wildman–Crippen LogP) is 2.55. The highest BCUT2D eigenvalue weighted by Crippen LogP contribution is 2.66. The highest BCUT2D eigenvalue weighted by molar-refractivity contribution is 5.39. The summed E-state index contributed by atoms with van der Waals surface area (Å²) in [6, 6.07) is 0. The first-order chi connectivity index (χ1) is 16.1. The molecule has 0 spiro atoms. The molecular formula is C28H44O7. The highest BCUT2D eigenvalue weighted by Gasteiger charge is 2.57. The first kappa shape index (κ1) is 27.0. The van der Waals surface area contributed by atoms with E-state index in [1.165, 1.54) is 12.5 Å². The molecule has 3 fully saturated rings. The van der Waals surface area contributed by atoms with Gasteiger partial charge in [-0.2, -0.15) is 0 Å². The molecule has 0 aromatic rings. The molecule has 0 bridgehead atoms. The fourth-order valence-electron chi connectivity index (χ4n) is 8.45. The van der Waals surface area contributed by atoms with E-state index in [1.807, 2.05) is 6.08 Å². The molecule has 35 heavy (non-hydrogen) atoms. The van der Waals surface area contributed by atoms with Gasteiger partial charge in [0.1, 0.15) is 5.92 Å². The van der Waals surface area contributed by atoms with E-state index in [2.05, 4.69) is 32.9 Å². The molecule has 7 N–H and O–H groups in total. The zero-order chi connectivity index (χ0) is 26.0. The zero-order valence-electron chi connectivity index (χ0n) is 21.4. The standard InChI is InChI=1S/C28H44O7/c1-16(5-6-17(2)24(27(30,31)32)28(33,34)35)21-9-10-22-20-8-7-18-15-19(29)11-13-25(18,3)23(20)12-14-26(21,22)4/h5-8,16-17,19,21-24,29-35H,9-15H2,1-4H3/b6-5+/t16-,17+,19+,21-,22+,23+,25+,26-/m1/s1. The Kier molecular flexibility index (Phi) is 6.98. The van der Waals surface area contributed by atoms with E-state index in [0.717, 1.165) is 44.9 Å². The SMILES string of the molecule is C[C@H](/C=C/[C@H](C)C(C(O)(O)O)C(O)(O)O)[C@H]1CC[C@H]2C3=CC=C4C[C@@H](O)CC[C@]4(C)[C@H]3CC[C@]12C. The Morgan fingerprint density at radius 1 is 0.857 bits per heavy atom. The summed E-state index contributed by atoms with van der Waals surface area (Å²) in [4.78, 5) is 0. The molecule has 4 rings (SSSR count). The van der Waals surface area contributed by atoms with Crippen molar-refractivity contribution >= 4 is 0 Å². The number of allylic oxidation sites excluding steroid dienone is 5. The van der Waals surface area contributed by atoms with Crippen molar-refractivity contribution < 1.29 is 35.7 Å². The topological polar surface area (TPSA) is 142 Å². The van der Waals surface area contributed by atoms with Crippen molar-refractivity contribution in [2.75, 3.05) is 0 Å². The van der Waals surface area contributed by atoms with Crippen LogP contribution in [0.25, 0.3) is 0 Å². The van der Waals surface area contributed by atoms with Crippen LogP contribution in [0.3, 0.4) is 0 Å². The van der Waals surface area contributed by atoms with Crippen molar-refractivity contribution in [1.82, 2.24) is 0 Å². The summed E-state index contributed by atoms with van der Waals surface area (Å²) in [5.74, 6) is -8.21. The first-order valence-corrected chi connectivity index (χ1v) is 13.2. The van der Waals surface area contributed by atoms with Crippen LogP contribution < -0.4 is 0 Å². The van der Waals surface area contributed by atoms with Gasteiger partial charge in [-0.3, -0.25) is 0 Å². The van der Waals surface area contributed by atoms with E-state index in [-0.39, 0.29) is 22.9 Å². The third kappa shape index (κ3) is 4.70. The van der Waals surface area contributed by atoms with Crippen molar-refractivity contribution in [2.45, 2.75) is 90.7 Å². The summed E-state index contributed by atoms with van der Waals surface area (Å²) < 4.78 is 0. The van der Waals surface area contributed by atoms with Crippen LogP contribution in [0, 0.1) is 46.3 Å². The summed E-state index contributed by atoms with van der Waals surface area (Å²) in [5, 5.41) is 67.5. The Labute approximate surface area is 208 Å². The predicted molar refractivity (Wildman–Crippen MR) is 131 cm³/mol. The van der Waals surface area contributed by atoms with Crippen molar-refractivity contribution in [3.05, 3.63) is 35.5 Å². The van der Waals surface area contributed by atoms with E-state index in [4.69, 9.17) is 0 Å². The maximum absolute atomic E-state index is 10.2. The molecule has 7 heteroatoms. The van der Waals surface area contributed by atoms with Crippen molar-refractivity contribution in [1.29, 1.82) is 0 Å². The molecule has 7 nitrogen and oxygen atoms in total. The molecule has 4 aliphatic rings. The maximum Gasteiger partial charge on any atom is 0.286 e. The van der Waals surface area contributed by atoms with Gasteiger partial charge in [0.2, 0.25) is 0 Å². The van der Waals surface area contributed by atoms with E-state index >= 15 is 0 Å². The number of aliphatic hydroxyl groups is 7. The molecule has 0 heterocycles. The normalized spacial score (nSPS) is 39.5. The molecule has 4 aliphatic carbocycles. The number of hydrogen-bond acceptors (Lipinski definition) is 7. The van der Waals surface area contributed by atoms with Crippen molar-refractivity contribution in [3.63, 3.8) is 0 Å². The smallest absolute Gasteiger partial charge is 0.286 e. The zero-order valence-corrected chi connectivity index (χ0v) is 21.4. The lowest BCUT2D eigenvalue weighted by Crippen LogP contribution is -2.54. The van der Waals surface area contributed by atoms with E-state index in [0.29, 0.717) is 17.8 Å². The molecule has 0 unspecified atom stereocenters. The Bertz CT molecular complexity index is 880. The van der Waals surface area contributed by atoms with Crippen LogP contribution in [0.5, 0.6) is 0 Å². The van der Waals surface area contributed by atoms with Gasteiger partial charge in [-0.25, -0.2) is 0 Å². The van der Waals surface area contributed by atoms with Crippen LogP contribution in [0.1, 0.15) is 72.6 Å². The molecule has 198 valence electrons. The molecule has 8 atom stereocenters. The average molecular weight is 493 g/mol. The quantitative estimate of drug-likeness (QED) is 0.223. The minimum absolute atomic E-state index is 0.133. The largest absolute Gasteiger partial charge is 0.393 e. The summed E-state index contributed by atoms with van der Waals surface area (Å²) in [5.41, 5.74) is 3.26. The van der Waals surface area contributed by atoms with Crippen molar-refractivity contribution in [3.8, 4) is 0 Å². The van der Waals surface area contributed by atoms with Gasteiger partial charge in [-0.15, -0.1) is 0 Å². The fraction of sp³-hybridized carbons (Fsp3) is 0.786. The summed E-state index contributed by atoms with van der Waals surface area (Å²) in [7, 11) is 0. The summed E-state index contributed by atoms with van der Waals surface area (Å²) in [6.45, 7) is 8.42. The second-order valence-electron chi connectivity index (χ2n) is 12.5. The maximum atomic E-state index is 10.2. The second-order valence-corrected chi connectivity index (χ2v) is 12.5. The van der Waals surface area contributed by atoms with Crippen LogP contribution in [-0.4, -0.2) is 53.8 Å². The van der Waals surface area contributed by atoms with E-state index in [9.17, 15) is 35.7 Å². The van der Waals surface area contributed by atoms with Gasteiger partial charge in [-0.05, 0) is 85.4 Å². The number of fused-ring (bicyclic) bond motifs is 5. The van der Waals surface area contributed by atoms with Crippen LogP contribution in [0.2, 0.25) is 0 Å². The van der Waals surface area contributed by atoms with Crippen molar-refractivity contribution in [2.24, 2.45) is 46.3 Å². The van der Waals surface area contributed by atoms with Crippen LogP contribution in [0.4, 0.5) is 0 Å².